The normalized spacial score (nSPS) is 17.3. The minimum absolute atomic E-state index is 0.0391. The van der Waals surface area contributed by atoms with Crippen molar-refractivity contribution in [2.24, 2.45) is 5.92 Å². The van der Waals surface area contributed by atoms with Crippen LogP contribution in [-0.4, -0.2) is 30.6 Å². The number of carbonyl (C=O) groups excluding carboxylic acids is 1. The molecule has 1 heterocycles. The van der Waals surface area contributed by atoms with Gasteiger partial charge in [-0.05, 0) is 56.6 Å². The quantitative estimate of drug-likeness (QED) is 0.567. The summed E-state index contributed by atoms with van der Waals surface area (Å²) in [6, 6.07) is 1.61. The Morgan fingerprint density at radius 2 is 1.54 bits per heavy atom. The predicted octanol–water partition coefficient (Wildman–Crippen LogP) is 4.50. The molecule has 1 fully saturated rings. The minimum Gasteiger partial charge on any atom is -0.466 e. The summed E-state index contributed by atoms with van der Waals surface area (Å²) in [4.78, 5) is 13.4. The Morgan fingerprint density at radius 3 is 1.96 bits per heavy atom. The zero-order valence-electron chi connectivity index (χ0n) is 14.1. The van der Waals surface area contributed by atoms with E-state index in [9.17, 15) is 31.1 Å². The Kier molecular flexibility index (Phi) is 6.21. The average Bonchev–Trinajstić information content (AvgIpc) is 2.54. The second-order valence-electron chi connectivity index (χ2n) is 6.22. The maximum absolute atomic E-state index is 12.9. The second-order valence-corrected chi connectivity index (χ2v) is 6.22. The van der Waals surface area contributed by atoms with E-state index in [2.05, 4.69) is 0 Å². The van der Waals surface area contributed by atoms with Gasteiger partial charge in [0.25, 0.3) is 0 Å². The topological polar surface area (TPSA) is 29.5 Å². The van der Waals surface area contributed by atoms with Gasteiger partial charge in [0.15, 0.2) is 0 Å². The molecule has 1 aromatic carbocycles. The van der Waals surface area contributed by atoms with Crippen LogP contribution in [0.2, 0.25) is 0 Å². The molecule has 0 atom stereocenters. The minimum atomic E-state index is -4.85. The smallest absolute Gasteiger partial charge is 0.416 e. The fourth-order valence-electron chi connectivity index (χ4n) is 2.96. The zero-order valence-corrected chi connectivity index (χ0v) is 14.1. The number of piperidine rings is 1. The van der Waals surface area contributed by atoms with Gasteiger partial charge in [-0.1, -0.05) is 0 Å². The van der Waals surface area contributed by atoms with E-state index >= 15 is 0 Å². The summed E-state index contributed by atoms with van der Waals surface area (Å²) in [5, 5.41) is 0. The Labute approximate surface area is 146 Å². The van der Waals surface area contributed by atoms with E-state index in [4.69, 9.17) is 4.74 Å². The maximum atomic E-state index is 12.9. The highest BCUT2D eigenvalue weighted by Crippen LogP contribution is 2.36. The number of halogens is 6. The van der Waals surface area contributed by atoms with Gasteiger partial charge in [0.05, 0.1) is 23.7 Å². The number of alkyl halides is 6. The highest BCUT2D eigenvalue weighted by Gasteiger charge is 2.37. The molecule has 26 heavy (non-hydrogen) atoms. The van der Waals surface area contributed by atoms with Gasteiger partial charge < -0.3 is 4.74 Å². The van der Waals surface area contributed by atoms with Crippen LogP contribution in [0.5, 0.6) is 0 Å². The fourth-order valence-corrected chi connectivity index (χ4v) is 2.96. The van der Waals surface area contributed by atoms with Crippen molar-refractivity contribution in [2.45, 2.75) is 38.7 Å². The summed E-state index contributed by atoms with van der Waals surface area (Å²) in [5.41, 5.74) is -2.69. The summed E-state index contributed by atoms with van der Waals surface area (Å²) in [6.45, 7) is 2.73. The zero-order chi connectivity index (χ0) is 19.5. The molecule has 0 spiro atoms. The predicted molar refractivity (Wildman–Crippen MR) is 81.1 cm³/mol. The third kappa shape index (κ3) is 5.36. The molecule has 0 bridgehead atoms. The molecule has 1 aliphatic heterocycles. The molecule has 0 saturated carbocycles. The molecular weight excluding hydrogens is 364 g/mol. The molecule has 2 rings (SSSR count). The Morgan fingerprint density at radius 1 is 1.04 bits per heavy atom. The number of benzene rings is 1. The van der Waals surface area contributed by atoms with Gasteiger partial charge in [-0.15, -0.1) is 0 Å². The van der Waals surface area contributed by atoms with Gasteiger partial charge in [-0.3, -0.25) is 9.69 Å². The molecule has 1 aliphatic rings. The van der Waals surface area contributed by atoms with Gasteiger partial charge in [-0.2, -0.15) is 26.3 Å². The molecule has 9 heteroatoms. The van der Waals surface area contributed by atoms with Crippen LogP contribution in [0.1, 0.15) is 36.5 Å². The molecule has 0 amide bonds. The summed E-state index contributed by atoms with van der Waals surface area (Å²) in [7, 11) is 0. The molecule has 0 unspecified atom stereocenters. The van der Waals surface area contributed by atoms with Gasteiger partial charge >= 0.3 is 18.3 Å². The third-order valence-corrected chi connectivity index (χ3v) is 4.26. The number of hydrogen-bond donors (Lipinski definition) is 0. The first-order valence-corrected chi connectivity index (χ1v) is 8.18. The lowest BCUT2D eigenvalue weighted by atomic mass is 9.96. The largest absolute Gasteiger partial charge is 0.466 e. The first-order valence-electron chi connectivity index (χ1n) is 8.18. The van der Waals surface area contributed by atoms with E-state index in [0.29, 0.717) is 25.9 Å². The van der Waals surface area contributed by atoms with E-state index in [0.717, 1.165) is 12.1 Å². The second kappa shape index (κ2) is 7.85. The van der Waals surface area contributed by atoms with Crippen LogP contribution in [0.3, 0.4) is 0 Å². The van der Waals surface area contributed by atoms with Crippen molar-refractivity contribution in [1.29, 1.82) is 0 Å². The lowest BCUT2D eigenvalue weighted by Crippen LogP contribution is -2.36. The van der Waals surface area contributed by atoms with E-state index in [-0.39, 0.29) is 36.7 Å². The van der Waals surface area contributed by atoms with E-state index in [1.54, 1.807) is 11.8 Å². The van der Waals surface area contributed by atoms with Crippen LogP contribution < -0.4 is 0 Å². The van der Waals surface area contributed by atoms with Crippen molar-refractivity contribution in [1.82, 2.24) is 4.90 Å². The number of carbonyl (C=O) groups is 1. The van der Waals surface area contributed by atoms with Crippen LogP contribution in [-0.2, 0) is 28.4 Å². The molecule has 3 nitrogen and oxygen atoms in total. The molecule has 146 valence electrons. The van der Waals surface area contributed by atoms with Crippen molar-refractivity contribution in [2.75, 3.05) is 19.7 Å². The number of likely N-dealkylation sites (tertiary alicyclic amines) is 1. The number of hydrogen-bond acceptors (Lipinski definition) is 3. The van der Waals surface area contributed by atoms with Gasteiger partial charge in [-0.25, -0.2) is 0 Å². The van der Waals surface area contributed by atoms with Crippen molar-refractivity contribution >= 4 is 5.97 Å². The lowest BCUT2D eigenvalue weighted by Gasteiger charge is -2.31. The molecule has 0 aromatic heterocycles. The molecule has 0 N–H and O–H groups in total. The van der Waals surface area contributed by atoms with Crippen LogP contribution in [0.15, 0.2) is 18.2 Å². The van der Waals surface area contributed by atoms with E-state index in [1.165, 1.54) is 0 Å². The highest BCUT2D eigenvalue weighted by atomic mass is 19.4. The van der Waals surface area contributed by atoms with Crippen molar-refractivity contribution in [3.05, 3.63) is 34.9 Å². The van der Waals surface area contributed by atoms with Crippen LogP contribution in [0.4, 0.5) is 26.3 Å². The number of esters is 1. The Balaban J connectivity index is 2.11. The fraction of sp³-hybridized carbons (Fsp3) is 0.588. The standard InChI is InChI=1S/C17H19F6NO2/c1-2-26-15(25)12-3-5-24(6-4-12)10-11-7-13(16(18,19)20)9-14(8-11)17(21,22)23/h7-9,12H,2-6,10H2,1H3. The molecule has 0 aliphatic carbocycles. The number of ether oxygens (including phenoxy) is 1. The van der Waals surface area contributed by atoms with Crippen molar-refractivity contribution < 1.29 is 35.9 Å². The van der Waals surface area contributed by atoms with Gasteiger partial charge in [0.2, 0.25) is 0 Å². The number of nitrogens with zero attached hydrogens (tertiary/aromatic N) is 1. The van der Waals surface area contributed by atoms with Crippen molar-refractivity contribution in [3.63, 3.8) is 0 Å². The van der Waals surface area contributed by atoms with Crippen molar-refractivity contribution in [3.8, 4) is 0 Å². The SMILES string of the molecule is CCOC(=O)C1CCN(Cc2cc(C(F)(F)F)cc(C(F)(F)F)c2)CC1. The molecule has 1 aromatic rings. The summed E-state index contributed by atoms with van der Waals surface area (Å²) in [6.07, 6.45) is -8.78. The monoisotopic (exact) mass is 383 g/mol. The average molecular weight is 383 g/mol. The summed E-state index contributed by atoms with van der Waals surface area (Å²) < 4.78 is 82.3. The van der Waals surface area contributed by atoms with Gasteiger partial charge in [0.1, 0.15) is 0 Å². The first-order chi connectivity index (χ1) is 12.0. The van der Waals surface area contributed by atoms with Crippen LogP contribution in [0, 0.1) is 5.92 Å². The maximum Gasteiger partial charge on any atom is 0.416 e. The first kappa shape index (κ1) is 20.5. The molecule has 1 saturated heterocycles. The third-order valence-electron chi connectivity index (χ3n) is 4.26. The van der Waals surface area contributed by atoms with E-state index in [1.807, 2.05) is 0 Å². The van der Waals surface area contributed by atoms with Gasteiger partial charge in [0, 0.05) is 6.54 Å². The summed E-state index contributed by atoms with van der Waals surface area (Å²) in [5.74, 6) is -0.593. The number of rotatable bonds is 4. The lowest BCUT2D eigenvalue weighted by molar-refractivity contribution is -0.150. The Hall–Kier alpha value is -1.77. The molecular formula is C17H19F6NO2. The molecule has 0 radical (unpaired) electrons. The van der Waals surface area contributed by atoms with Crippen LogP contribution in [0.25, 0.3) is 0 Å². The summed E-state index contributed by atoms with van der Waals surface area (Å²) >= 11 is 0. The van der Waals surface area contributed by atoms with Crippen LogP contribution >= 0.6 is 0 Å². The highest BCUT2D eigenvalue weighted by molar-refractivity contribution is 5.72. The Bertz CT molecular complexity index is 601. The van der Waals surface area contributed by atoms with E-state index < -0.39 is 23.5 Å².